The van der Waals surface area contributed by atoms with E-state index in [1.54, 1.807) is 14.0 Å². The van der Waals surface area contributed by atoms with Crippen LogP contribution in [0.15, 0.2) is 0 Å². The van der Waals surface area contributed by atoms with Crippen molar-refractivity contribution >= 4 is 9.84 Å². The second-order valence-corrected chi connectivity index (χ2v) is 5.66. The first-order chi connectivity index (χ1) is 6.62. The molecule has 0 unspecified atom stereocenters. The zero-order valence-corrected chi connectivity index (χ0v) is 9.90. The number of unbranched alkanes of at least 4 members (excludes halogenated alkanes) is 1. The van der Waals surface area contributed by atoms with Crippen LogP contribution in [0, 0.1) is 0 Å². The van der Waals surface area contributed by atoms with Crippen LogP contribution < -0.4 is 5.32 Å². The van der Waals surface area contributed by atoms with Gasteiger partial charge in [-0.05, 0) is 19.4 Å². The van der Waals surface area contributed by atoms with Crippen molar-refractivity contribution in [3.05, 3.63) is 0 Å². The Hall–Kier alpha value is -0.130. The molecule has 0 saturated heterocycles. The summed E-state index contributed by atoms with van der Waals surface area (Å²) in [5.41, 5.74) is 0. The van der Waals surface area contributed by atoms with Gasteiger partial charge < -0.3 is 10.1 Å². The van der Waals surface area contributed by atoms with E-state index < -0.39 is 9.84 Å². The van der Waals surface area contributed by atoms with E-state index >= 15 is 0 Å². The molecule has 0 spiro atoms. The predicted molar refractivity (Wildman–Crippen MR) is 58.3 cm³/mol. The van der Waals surface area contributed by atoms with Crippen molar-refractivity contribution in [3.63, 3.8) is 0 Å². The Morgan fingerprint density at radius 3 is 2.50 bits per heavy atom. The van der Waals surface area contributed by atoms with Crippen LogP contribution >= 0.6 is 0 Å². The molecule has 86 valence electrons. The summed E-state index contributed by atoms with van der Waals surface area (Å²) in [5, 5.41) is 3.10. The highest BCUT2D eigenvalue weighted by molar-refractivity contribution is 7.91. The third-order valence-electron chi connectivity index (χ3n) is 1.98. The molecule has 14 heavy (non-hydrogen) atoms. The first-order valence-electron chi connectivity index (χ1n) is 5.02. The highest BCUT2D eigenvalue weighted by Crippen LogP contribution is 1.89. The zero-order valence-electron chi connectivity index (χ0n) is 9.08. The minimum atomic E-state index is -2.80. The molecule has 0 heterocycles. The van der Waals surface area contributed by atoms with E-state index in [1.165, 1.54) is 0 Å². The van der Waals surface area contributed by atoms with E-state index in [0.29, 0.717) is 6.54 Å². The van der Waals surface area contributed by atoms with Gasteiger partial charge in [-0.1, -0.05) is 6.92 Å². The number of methoxy groups -OCH3 is 1. The molecule has 0 aromatic heterocycles. The fourth-order valence-corrected chi connectivity index (χ4v) is 1.74. The standard InChI is InChI=1S/C9H21NO3S/c1-3-14(11,12)9-7-10-6-4-5-8-13-2/h10H,3-9H2,1-2H3. The summed E-state index contributed by atoms with van der Waals surface area (Å²) in [6.07, 6.45) is 2.05. The third-order valence-corrected chi connectivity index (χ3v) is 3.69. The molecule has 0 rings (SSSR count). The molecular weight excluding hydrogens is 202 g/mol. The number of hydrogen-bond donors (Lipinski definition) is 1. The first kappa shape index (κ1) is 13.9. The SMILES string of the molecule is CCS(=O)(=O)CCNCCCCOC. The molecule has 0 aliphatic heterocycles. The molecule has 0 aliphatic rings. The van der Waals surface area contributed by atoms with Gasteiger partial charge in [0.25, 0.3) is 0 Å². The monoisotopic (exact) mass is 223 g/mol. The van der Waals surface area contributed by atoms with Crippen molar-refractivity contribution < 1.29 is 13.2 Å². The first-order valence-corrected chi connectivity index (χ1v) is 6.84. The predicted octanol–water partition coefficient (Wildman–Crippen LogP) is 0.437. The van der Waals surface area contributed by atoms with Crippen LogP contribution in [0.2, 0.25) is 0 Å². The van der Waals surface area contributed by atoms with Crippen LogP contribution in [0.4, 0.5) is 0 Å². The molecule has 0 saturated carbocycles. The number of hydrogen-bond acceptors (Lipinski definition) is 4. The Kier molecular flexibility index (Phi) is 8.12. The van der Waals surface area contributed by atoms with Crippen molar-refractivity contribution in [1.29, 1.82) is 0 Å². The van der Waals surface area contributed by atoms with Crippen molar-refractivity contribution in [3.8, 4) is 0 Å². The Bertz CT molecular complexity index is 214. The van der Waals surface area contributed by atoms with Gasteiger partial charge in [0.1, 0.15) is 0 Å². The van der Waals surface area contributed by atoms with Gasteiger partial charge in [0, 0.05) is 26.0 Å². The smallest absolute Gasteiger partial charge is 0.151 e. The van der Waals surface area contributed by atoms with E-state index in [0.717, 1.165) is 26.0 Å². The Labute approximate surface area is 86.9 Å². The van der Waals surface area contributed by atoms with E-state index in [9.17, 15) is 8.42 Å². The van der Waals surface area contributed by atoms with Gasteiger partial charge in [0.15, 0.2) is 9.84 Å². The second-order valence-electron chi connectivity index (χ2n) is 3.19. The lowest BCUT2D eigenvalue weighted by molar-refractivity contribution is 0.192. The van der Waals surface area contributed by atoms with Gasteiger partial charge in [-0.3, -0.25) is 0 Å². The quantitative estimate of drug-likeness (QED) is 0.576. The van der Waals surface area contributed by atoms with Crippen molar-refractivity contribution in [2.24, 2.45) is 0 Å². The molecule has 5 heteroatoms. The van der Waals surface area contributed by atoms with Gasteiger partial charge in [0.2, 0.25) is 0 Å². The van der Waals surface area contributed by atoms with E-state index in [-0.39, 0.29) is 11.5 Å². The minimum Gasteiger partial charge on any atom is -0.385 e. The number of nitrogens with one attached hydrogen (secondary N) is 1. The summed E-state index contributed by atoms with van der Waals surface area (Å²) >= 11 is 0. The normalized spacial score (nSPS) is 11.9. The van der Waals surface area contributed by atoms with Crippen molar-refractivity contribution in [2.75, 3.05) is 38.3 Å². The van der Waals surface area contributed by atoms with Crippen LogP contribution in [0.25, 0.3) is 0 Å². The van der Waals surface area contributed by atoms with E-state index in [4.69, 9.17) is 4.74 Å². The average molecular weight is 223 g/mol. The Morgan fingerprint density at radius 1 is 1.21 bits per heavy atom. The molecular formula is C9H21NO3S. The molecule has 1 N–H and O–H groups in total. The van der Waals surface area contributed by atoms with E-state index in [1.807, 2.05) is 0 Å². The fraction of sp³-hybridized carbons (Fsp3) is 1.00. The lowest BCUT2D eigenvalue weighted by Crippen LogP contribution is -2.24. The lowest BCUT2D eigenvalue weighted by atomic mass is 10.3. The summed E-state index contributed by atoms with van der Waals surface area (Å²) in [7, 11) is -1.12. The molecule has 0 bridgehead atoms. The maximum Gasteiger partial charge on any atom is 0.151 e. The number of sulfone groups is 1. The molecule has 0 aromatic rings. The van der Waals surface area contributed by atoms with Gasteiger partial charge >= 0.3 is 0 Å². The molecule has 0 aliphatic carbocycles. The number of rotatable bonds is 9. The molecule has 0 amide bonds. The molecule has 0 fully saturated rings. The van der Waals surface area contributed by atoms with Crippen LogP contribution in [0.1, 0.15) is 19.8 Å². The summed E-state index contributed by atoms with van der Waals surface area (Å²) in [5.74, 6) is 0.478. The summed E-state index contributed by atoms with van der Waals surface area (Å²) in [6, 6.07) is 0. The summed E-state index contributed by atoms with van der Waals surface area (Å²) < 4.78 is 27.0. The van der Waals surface area contributed by atoms with Gasteiger partial charge in [-0.15, -0.1) is 0 Å². The van der Waals surface area contributed by atoms with Crippen molar-refractivity contribution in [1.82, 2.24) is 5.32 Å². The maximum atomic E-state index is 11.1. The number of ether oxygens (including phenoxy) is 1. The molecule has 0 aromatic carbocycles. The lowest BCUT2D eigenvalue weighted by Gasteiger charge is -2.04. The molecule has 4 nitrogen and oxygen atoms in total. The molecule has 0 radical (unpaired) electrons. The highest BCUT2D eigenvalue weighted by atomic mass is 32.2. The summed E-state index contributed by atoms with van der Waals surface area (Å²) in [6.45, 7) is 3.87. The van der Waals surface area contributed by atoms with Crippen molar-refractivity contribution in [2.45, 2.75) is 19.8 Å². The Balaban J connectivity index is 3.22. The summed E-state index contributed by atoms with van der Waals surface area (Å²) in [4.78, 5) is 0. The van der Waals surface area contributed by atoms with Crippen LogP contribution in [-0.4, -0.2) is 46.7 Å². The average Bonchev–Trinajstić information content (AvgIpc) is 2.16. The maximum absolute atomic E-state index is 11.1. The third kappa shape index (κ3) is 8.47. The van der Waals surface area contributed by atoms with Gasteiger partial charge in [0.05, 0.1) is 5.75 Å². The highest BCUT2D eigenvalue weighted by Gasteiger charge is 2.05. The minimum absolute atomic E-state index is 0.234. The van der Waals surface area contributed by atoms with Gasteiger partial charge in [-0.25, -0.2) is 8.42 Å². The zero-order chi connectivity index (χ0) is 10.9. The molecule has 0 atom stereocenters. The second kappa shape index (κ2) is 8.20. The van der Waals surface area contributed by atoms with Gasteiger partial charge in [-0.2, -0.15) is 0 Å². The van der Waals surface area contributed by atoms with Crippen LogP contribution in [0.5, 0.6) is 0 Å². The van der Waals surface area contributed by atoms with Crippen LogP contribution in [0.3, 0.4) is 0 Å². The van der Waals surface area contributed by atoms with E-state index in [2.05, 4.69) is 5.32 Å². The van der Waals surface area contributed by atoms with Crippen LogP contribution in [-0.2, 0) is 14.6 Å². The Morgan fingerprint density at radius 2 is 1.93 bits per heavy atom. The largest absolute Gasteiger partial charge is 0.385 e. The topological polar surface area (TPSA) is 55.4 Å². The fourth-order valence-electron chi connectivity index (χ4n) is 0.993.